The van der Waals surface area contributed by atoms with Crippen LogP contribution in [0.25, 0.3) is 0 Å². The highest BCUT2D eigenvalue weighted by Gasteiger charge is 2.19. The standard InChI is InChI=1S/C13H13N3O5S/c1-7-5-8(16-21-7)6-14-10(17)11(18)15-12-9(3-4-22-12)13(19)20-2/h3-5H,6H2,1-2H3,(H,14,17)(H,15,18). The van der Waals surface area contributed by atoms with Crippen molar-refractivity contribution in [3.63, 3.8) is 0 Å². The lowest BCUT2D eigenvalue weighted by atomic mass is 10.3. The molecule has 22 heavy (non-hydrogen) atoms. The molecule has 0 spiro atoms. The van der Waals surface area contributed by atoms with Gasteiger partial charge in [0.05, 0.1) is 19.2 Å². The minimum Gasteiger partial charge on any atom is -0.465 e. The number of nitrogens with zero attached hydrogens (tertiary/aromatic N) is 1. The first-order valence-electron chi connectivity index (χ1n) is 6.18. The number of esters is 1. The number of methoxy groups -OCH3 is 1. The lowest BCUT2D eigenvalue weighted by Gasteiger charge is -2.05. The van der Waals surface area contributed by atoms with E-state index in [1.165, 1.54) is 13.2 Å². The monoisotopic (exact) mass is 323 g/mol. The predicted molar refractivity (Wildman–Crippen MR) is 77.4 cm³/mol. The average molecular weight is 323 g/mol. The summed E-state index contributed by atoms with van der Waals surface area (Å²) in [5.41, 5.74) is 0.700. The summed E-state index contributed by atoms with van der Waals surface area (Å²) >= 11 is 1.12. The molecule has 8 nitrogen and oxygen atoms in total. The fourth-order valence-corrected chi connectivity index (χ4v) is 2.36. The van der Waals surface area contributed by atoms with E-state index in [0.29, 0.717) is 11.5 Å². The number of anilines is 1. The van der Waals surface area contributed by atoms with Gasteiger partial charge >= 0.3 is 17.8 Å². The largest absolute Gasteiger partial charge is 0.465 e. The number of amides is 2. The Hall–Kier alpha value is -2.68. The molecule has 2 N–H and O–H groups in total. The van der Waals surface area contributed by atoms with Crippen molar-refractivity contribution in [2.45, 2.75) is 13.5 Å². The molecule has 0 bridgehead atoms. The molecule has 0 aliphatic rings. The SMILES string of the molecule is COC(=O)c1ccsc1NC(=O)C(=O)NCc1cc(C)on1. The molecule has 0 aliphatic carbocycles. The first-order chi connectivity index (χ1) is 10.5. The summed E-state index contributed by atoms with van der Waals surface area (Å²) < 4.78 is 9.43. The second-order valence-electron chi connectivity index (χ2n) is 4.22. The zero-order chi connectivity index (χ0) is 16.1. The highest BCUT2D eigenvalue weighted by Crippen LogP contribution is 2.23. The first-order valence-corrected chi connectivity index (χ1v) is 7.06. The van der Waals surface area contributed by atoms with Gasteiger partial charge in [0.25, 0.3) is 0 Å². The van der Waals surface area contributed by atoms with Gasteiger partial charge in [-0.3, -0.25) is 9.59 Å². The number of ether oxygens (including phenoxy) is 1. The van der Waals surface area contributed by atoms with Gasteiger partial charge in [0.2, 0.25) is 0 Å². The molecule has 2 heterocycles. The van der Waals surface area contributed by atoms with Crippen molar-refractivity contribution >= 4 is 34.1 Å². The van der Waals surface area contributed by atoms with Crippen molar-refractivity contribution in [3.05, 3.63) is 34.5 Å². The van der Waals surface area contributed by atoms with Gasteiger partial charge in [0.1, 0.15) is 16.5 Å². The Labute approximate surface area is 129 Å². The summed E-state index contributed by atoms with van der Waals surface area (Å²) in [5.74, 6) is -1.71. The van der Waals surface area contributed by atoms with Crippen molar-refractivity contribution in [2.75, 3.05) is 12.4 Å². The lowest BCUT2D eigenvalue weighted by Crippen LogP contribution is -2.35. The van der Waals surface area contributed by atoms with Gasteiger partial charge in [-0.2, -0.15) is 0 Å². The number of carbonyl (C=O) groups excluding carboxylic acids is 3. The molecule has 0 aromatic carbocycles. The molecule has 2 aromatic heterocycles. The maximum absolute atomic E-state index is 11.8. The van der Waals surface area contributed by atoms with Crippen LogP contribution in [0.4, 0.5) is 5.00 Å². The molecular weight excluding hydrogens is 310 g/mol. The van der Waals surface area contributed by atoms with Crippen molar-refractivity contribution in [2.24, 2.45) is 0 Å². The third-order valence-electron chi connectivity index (χ3n) is 2.61. The number of aryl methyl sites for hydroxylation is 1. The van der Waals surface area contributed by atoms with E-state index in [4.69, 9.17) is 4.52 Å². The maximum atomic E-state index is 11.8. The van der Waals surface area contributed by atoms with E-state index in [0.717, 1.165) is 11.3 Å². The number of nitrogens with one attached hydrogen (secondary N) is 2. The van der Waals surface area contributed by atoms with E-state index in [1.54, 1.807) is 18.4 Å². The van der Waals surface area contributed by atoms with Gasteiger partial charge in [-0.15, -0.1) is 11.3 Å². The molecule has 0 radical (unpaired) electrons. The van der Waals surface area contributed by atoms with E-state index in [2.05, 4.69) is 20.5 Å². The second kappa shape index (κ2) is 6.85. The van der Waals surface area contributed by atoms with Gasteiger partial charge < -0.3 is 19.9 Å². The Morgan fingerprint density at radius 2 is 2.14 bits per heavy atom. The average Bonchev–Trinajstić information content (AvgIpc) is 3.12. The summed E-state index contributed by atoms with van der Waals surface area (Å²) in [5, 5.41) is 10.3. The Bertz CT molecular complexity index is 706. The van der Waals surface area contributed by atoms with Crippen molar-refractivity contribution < 1.29 is 23.6 Å². The fraction of sp³-hybridized carbons (Fsp3) is 0.231. The van der Waals surface area contributed by atoms with Gasteiger partial charge in [-0.25, -0.2) is 4.79 Å². The molecule has 0 aliphatic heterocycles. The van der Waals surface area contributed by atoms with Crippen molar-refractivity contribution in [1.82, 2.24) is 10.5 Å². The fourth-order valence-electron chi connectivity index (χ4n) is 1.59. The van der Waals surface area contributed by atoms with Crippen LogP contribution in [-0.4, -0.2) is 30.1 Å². The van der Waals surface area contributed by atoms with E-state index in [-0.39, 0.29) is 17.1 Å². The minimum absolute atomic E-state index is 0.0674. The third-order valence-corrected chi connectivity index (χ3v) is 3.44. The molecule has 0 saturated heterocycles. The maximum Gasteiger partial charge on any atom is 0.340 e. The van der Waals surface area contributed by atoms with Crippen LogP contribution in [0.5, 0.6) is 0 Å². The van der Waals surface area contributed by atoms with E-state index in [9.17, 15) is 14.4 Å². The Balaban J connectivity index is 1.93. The van der Waals surface area contributed by atoms with Gasteiger partial charge in [-0.1, -0.05) is 5.16 Å². The molecular formula is C13H13N3O5S. The number of hydrogen-bond acceptors (Lipinski definition) is 7. The molecule has 0 saturated carbocycles. The molecule has 2 rings (SSSR count). The predicted octanol–water partition coefficient (Wildman–Crippen LogP) is 1.09. The van der Waals surface area contributed by atoms with Crippen LogP contribution in [0.3, 0.4) is 0 Å². The molecule has 2 amide bonds. The quantitative estimate of drug-likeness (QED) is 0.643. The van der Waals surface area contributed by atoms with Crippen LogP contribution in [0.1, 0.15) is 21.8 Å². The van der Waals surface area contributed by atoms with Crippen LogP contribution in [0.15, 0.2) is 22.0 Å². The molecule has 0 fully saturated rings. The van der Waals surface area contributed by atoms with E-state index >= 15 is 0 Å². The van der Waals surface area contributed by atoms with Crippen LogP contribution in [0.2, 0.25) is 0 Å². The number of aromatic nitrogens is 1. The molecule has 9 heteroatoms. The van der Waals surface area contributed by atoms with Crippen molar-refractivity contribution in [3.8, 4) is 0 Å². The van der Waals surface area contributed by atoms with Gasteiger partial charge in [0, 0.05) is 6.07 Å². The number of hydrogen-bond donors (Lipinski definition) is 2. The summed E-state index contributed by atoms with van der Waals surface area (Å²) in [4.78, 5) is 35.0. The molecule has 2 aromatic rings. The van der Waals surface area contributed by atoms with Crippen LogP contribution >= 0.6 is 11.3 Å². The van der Waals surface area contributed by atoms with Crippen LogP contribution in [0, 0.1) is 6.92 Å². The van der Waals surface area contributed by atoms with Crippen LogP contribution in [-0.2, 0) is 20.9 Å². The zero-order valence-corrected chi connectivity index (χ0v) is 12.7. The summed E-state index contributed by atoms with van der Waals surface area (Å²) in [6, 6.07) is 3.15. The highest BCUT2D eigenvalue weighted by atomic mass is 32.1. The summed E-state index contributed by atoms with van der Waals surface area (Å²) in [6.07, 6.45) is 0. The number of thiophene rings is 1. The normalized spacial score (nSPS) is 10.1. The molecule has 116 valence electrons. The van der Waals surface area contributed by atoms with Crippen molar-refractivity contribution in [1.29, 1.82) is 0 Å². The molecule has 0 atom stereocenters. The van der Waals surface area contributed by atoms with Gasteiger partial charge in [0.15, 0.2) is 0 Å². The third kappa shape index (κ3) is 3.70. The Morgan fingerprint density at radius 3 is 2.77 bits per heavy atom. The summed E-state index contributed by atoms with van der Waals surface area (Å²) in [7, 11) is 1.23. The van der Waals surface area contributed by atoms with Gasteiger partial charge in [-0.05, 0) is 18.4 Å². The highest BCUT2D eigenvalue weighted by molar-refractivity contribution is 7.14. The zero-order valence-electron chi connectivity index (χ0n) is 11.8. The second-order valence-corrected chi connectivity index (χ2v) is 5.14. The minimum atomic E-state index is -0.882. The van der Waals surface area contributed by atoms with E-state index in [1.807, 2.05) is 0 Å². The van der Waals surface area contributed by atoms with Crippen LogP contribution < -0.4 is 10.6 Å². The topological polar surface area (TPSA) is 111 Å². The number of rotatable bonds is 4. The smallest absolute Gasteiger partial charge is 0.340 e. The summed E-state index contributed by atoms with van der Waals surface area (Å²) in [6.45, 7) is 1.79. The lowest BCUT2D eigenvalue weighted by molar-refractivity contribution is -0.136. The van der Waals surface area contributed by atoms with E-state index < -0.39 is 17.8 Å². The number of carbonyl (C=O) groups is 3. The Kier molecular flexibility index (Phi) is 4.89. The first kappa shape index (κ1) is 15.7. The molecule has 0 unspecified atom stereocenters. The Morgan fingerprint density at radius 1 is 1.36 bits per heavy atom.